The molecule has 0 spiro atoms. The van der Waals surface area contributed by atoms with E-state index in [9.17, 15) is 9.59 Å². The normalized spacial score (nSPS) is 14.6. The van der Waals surface area contributed by atoms with E-state index in [0.29, 0.717) is 29.8 Å². The number of benzene rings is 2. The molecule has 2 amide bonds. The summed E-state index contributed by atoms with van der Waals surface area (Å²) in [5, 5.41) is 5.54. The molecular weight excluding hydrogens is 350 g/mol. The van der Waals surface area contributed by atoms with Gasteiger partial charge in [0.1, 0.15) is 6.54 Å². The molecule has 2 aromatic carbocycles. The van der Waals surface area contributed by atoms with Gasteiger partial charge in [-0.05, 0) is 29.7 Å². The minimum absolute atomic E-state index is 0.0187. The van der Waals surface area contributed by atoms with E-state index in [-0.39, 0.29) is 11.8 Å². The van der Waals surface area contributed by atoms with Crippen LogP contribution in [0.1, 0.15) is 54.1 Å². The molecule has 148 valence electrons. The highest BCUT2D eigenvalue weighted by Crippen LogP contribution is 2.17. The fourth-order valence-electron chi connectivity index (χ4n) is 3.42. The number of amides is 2. The summed E-state index contributed by atoms with van der Waals surface area (Å²) >= 11 is 0. The zero-order valence-electron chi connectivity index (χ0n) is 16.9. The molecule has 0 aliphatic heterocycles. The van der Waals surface area contributed by atoms with Crippen molar-refractivity contribution in [1.82, 2.24) is 5.32 Å². The Bertz CT molecular complexity index is 826. The average Bonchev–Trinajstić information content (AvgIpc) is 3.52. The molecule has 3 N–H and O–H groups in total. The van der Waals surface area contributed by atoms with E-state index >= 15 is 0 Å². The molecule has 5 heteroatoms. The summed E-state index contributed by atoms with van der Waals surface area (Å²) in [5.74, 6) is 0.346. The van der Waals surface area contributed by atoms with Gasteiger partial charge in [0.15, 0.2) is 6.54 Å². The molecule has 1 fully saturated rings. The van der Waals surface area contributed by atoms with Gasteiger partial charge < -0.3 is 15.5 Å². The van der Waals surface area contributed by atoms with Crippen molar-refractivity contribution in [3.8, 4) is 0 Å². The molecule has 0 aromatic heterocycles. The summed E-state index contributed by atoms with van der Waals surface area (Å²) < 4.78 is 0. The molecule has 1 aliphatic carbocycles. The SMILES string of the molecule is CNC(=O)c1cccc(NC(=O)C[NH+](Cc2ccc(C(C)C)cc2)C2CC2)c1. The van der Waals surface area contributed by atoms with Gasteiger partial charge in [0.2, 0.25) is 0 Å². The van der Waals surface area contributed by atoms with E-state index in [1.807, 2.05) is 6.07 Å². The number of quaternary nitrogens is 1. The van der Waals surface area contributed by atoms with E-state index in [1.54, 1.807) is 25.2 Å². The lowest BCUT2D eigenvalue weighted by molar-refractivity contribution is -0.916. The van der Waals surface area contributed by atoms with Crippen LogP contribution in [0.3, 0.4) is 0 Å². The summed E-state index contributed by atoms with van der Waals surface area (Å²) in [4.78, 5) is 25.7. The van der Waals surface area contributed by atoms with Crippen molar-refractivity contribution in [2.24, 2.45) is 0 Å². The van der Waals surface area contributed by atoms with Gasteiger partial charge in [0.05, 0.1) is 6.04 Å². The first-order valence-electron chi connectivity index (χ1n) is 10.0. The molecule has 28 heavy (non-hydrogen) atoms. The van der Waals surface area contributed by atoms with Gasteiger partial charge in [-0.15, -0.1) is 0 Å². The molecule has 0 saturated heterocycles. The third kappa shape index (κ3) is 5.42. The molecule has 1 saturated carbocycles. The van der Waals surface area contributed by atoms with Crippen molar-refractivity contribution in [2.45, 2.75) is 45.2 Å². The standard InChI is InChI=1S/C23H29N3O2/c1-16(2)18-9-7-17(8-10-18)14-26(21-11-12-21)15-22(27)25-20-6-4-5-19(13-20)23(28)24-3/h4-10,13,16,21H,11-12,14-15H2,1-3H3,(H,24,28)(H,25,27)/p+1. The molecule has 5 nitrogen and oxygen atoms in total. The number of anilines is 1. The average molecular weight is 381 g/mol. The van der Waals surface area contributed by atoms with E-state index < -0.39 is 0 Å². The lowest BCUT2D eigenvalue weighted by atomic mass is 10.0. The van der Waals surface area contributed by atoms with Crippen LogP contribution in [0, 0.1) is 0 Å². The van der Waals surface area contributed by atoms with Crippen LogP contribution in [-0.4, -0.2) is 31.4 Å². The van der Waals surface area contributed by atoms with Crippen LogP contribution in [0.25, 0.3) is 0 Å². The van der Waals surface area contributed by atoms with Crippen molar-refractivity contribution in [2.75, 3.05) is 18.9 Å². The van der Waals surface area contributed by atoms with Gasteiger partial charge in [-0.25, -0.2) is 0 Å². The van der Waals surface area contributed by atoms with Gasteiger partial charge in [0.25, 0.3) is 11.8 Å². The van der Waals surface area contributed by atoms with Gasteiger partial charge in [-0.1, -0.05) is 44.2 Å². The third-order valence-electron chi connectivity index (χ3n) is 5.26. The highest BCUT2D eigenvalue weighted by atomic mass is 16.2. The third-order valence-corrected chi connectivity index (χ3v) is 5.26. The van der Waals surface area contributed by atoms with Crippen LogP contribution in [0.4, 0.5) is 5.69 Å². The largest absolute Gasteiger partial charge is 0.355 e. The summed E-state index contributed by atoms with van der Waals surface area (Å²) in [6.07, 6.45) is 2.36. The fraction of sp³-hybridized carbons (Fsp3) is 0.391. The minimum atomic E-state index is -0.161. The smallest absolute Gasteiger partial charge is 0.279 e. The predicted octanol–water partition coefficient (Wildman–Crippen LogP) is 2.36. The number of carbonyl (C=O) groups excluding carboxylic acids is 2. The first-order chi connectivity index (χ1) is 13.5. The highest BCUT2D eigenvalue weighted by Gasteiger charge is 2.34. The zero-order valence-corrected chi connectivity index (χ0v) is 16.9. The number of rotatable bonds is 8. The highest BCUT2D eigenvalue weighted by molar-refractivity contribution is 5.97. The van der Waals surface area contributed by atoms with E-state index in [0.717, 1.165) is 6.54 Å². The van der Waals surface area contributed by atoms with Crippen molar-refractivity contribution in [3.63, 3.8) is 0 Å². The van der Waals surface area contributed by atoms with Crippen LogP contribution in [-0.2, 0) is 11.3 Å². The maximum Gasteiger partial charge on any atom is 0.279 e. The van der Waals surface area contributed by atoms with Crippen LogP contribution in [0.2, 0.25) is 0 Å². The molecule has 2 aromatic rings. The number of hydrogen-bond acceptors (Lipinski definition) is 2. The first-order valence-corrected chi connectivity index (χ1v) is 10.0. The monoisotopic (exact) mass is 380 g/mol. The molecule has 0 heterocycles. The summed E-state index contributed by atoms with van der Waals surface area (Å²) in [6.45, 7) is 5.68. The summed E-state index contributed by atoms with van der Waals surface area (Å²) in [5.41, 5.74) is 3.80. The Morgan fingerprint density at radius 2 is 1.82 bits per heavy atom. The van der Waals surface area contributed by atoms with E-state index in [2.05, 4.69) is 48.7 Å². The molecule has 1 unspecified atom stereocenters. The lowest BCUT2D eigenvalue weighted by Crippen LogP contribution is -3.13. The maximum atomic E-state index is 12.6. The van der Waals surface area contributed by atoms with Gasteiger partial charge in [-0.2, -0.15) is 0 Å². The Labute approximate surface area is 167 Å². The number of hydrogen-bond donors (Lipinski definition) is 3. The molecule has 3 rings (SSSR count). The maximum absolute atomic E-state index is 12.6. The summed E-state index contributed by atoms with van der Waals surface area (Å²) in [7, 11) is 1.60. The summed E-state index contributed by atoms with van der Waals surface area (Å²) in [6, 6.07) is 16.3. The van der Waals surface area contributed by atoms with Crippen molar-refractivity contribution >= 4 is 17.5 Å². The van der Waals surface area contributed by atoms with Crippen molar-refractivity contribution < 1.29 is 14.5 Å². The molecule has 0 radical (unpaired) electrons. The predicted molar refractivity (Wildman–Crippen MR) is 112 cm³/mol. The van der Waals surface area contributed by atoms with Gasteiger partial charge >= 0.3 is 0 Å². The minimum Gasteiger partial charge on any atom is -0.355 e. The van der Waals surface area contributed by atoms with Crippen LogP contribution in [0.15, 0.2) is 48.5 Å². The van der Waals surface area contributed by atoms with Crippen LogP contribution >= 0.6 is 0 Å². The van der Waals surface area contributed by atoms with Crippen LogP contribution in [0.5, 0.6) is 0 Å². The zero-order chi connectivity index (χ0) is 20.1. The Balaban J connectivity index is 1.61. The second-order valence-electron chi connectivity index (χ2n) is 7.89. The van der Waals surface area contributed by atoms with Gasteiger partial charge in [-0.3, -0.25) is 9.59 Å². The van der Waals surface area contributed by atoms with Crippen molar-refractivity contribution in [1.29, 1.82) is 0 Å². The molecule has 1 aliphatic rings. The van der Waals surface area contributed by atoms with E-state index in [1.165, 1.54) is 28.9 Å². The second-order valence-corrected chi connectivity index (χ2v) is 7.89. The topological polar surface area (TPSA) is 62.6 Å². The van der Waals surface area contributed by atoms with Gasteiger partial charge in [0, 0.05) is 36.7 Å². The van der Waals surface area contributed by atoms with E-state index in [4.69, 9.17) is 0 Å². The Morgan fingerprint density at radius 3 is 2.43 bits per heavy atom. The molecule has 1 atom stereocenters. The second kappa shape index (κ2) is 9.02. The van der Waals surface area contributed by atoms with Crippen molar-refractivity contribution in [3.05, 3.63) is 65.2 Å². The molecule has 0 bridgehead atoms. The fourth-order valence-corrected chi connectivity index (χ4v) is 3.42. The first kappa shape index (κ1) is 20.1. The number of carbonyl (C=O) groups is 2. The Morgan fingerprint density at radius 1 is 1.11 bits per heavy atom. The molecular formula is C23H30N3O2+. The quantitative estimate of drug-likeness (QED) is 0.658. The van der Waals surface area contributed by atoms with Crippen LogP contribution < -0.4 is 15.5 Å². The Kier molecular flexibility index (Phi) is 6.47. The Hall–Kier alpha value is -2.66. The lowest BCUT2D eigenvalue weighted by Gasteiger charge is -2.19. The number of nitrogens with one attached hydrogen (secondary N) is 3.